The summed E-state index contributed by atoms with van der Waals surface area (Å²) in [6.45, 7) is 8.51. The van der Waals surface area contributed by atoms with Crippen LogP contribution in [0.3, 0.4) is 0 Å². The van der Waals surface area contributed by atoms with Crippen molar-refractivity contribution in [1.82, 2.24) is 15.3 Å². The predicted molar refractivity (Wildman–Crippen MR) is 67.9 cm³/mol. The Morgan fingerprint density at radius 3 is 2.41 bits per heavy atom. The van der Waals surface area contributed by atoms with Crippen molar-refractivity contribution in [2.45, 2.75) is 40.2 Å². The average Bonchev–Trinajstić information content (AvgIpc) is 2.14. The fourth-order valence-corrected chi connectivity index (χ4v) is 1.44. The molecule has 0 saturated heterocycles. The lowest BCUT2D eigenvalue weighted by atomic mass is 10.3. The van der Waals surface area contributed by atoms with Crippen LogP contribution in [0.25, 0.3) is 0 Å². The Bertz CT molecular complexity index is 370. The highest BCUT2D eigenvalue weighted by Crippen LogP contribution is 2.03. The molecule has 0 saturated carbocycles. The van der Waals surface area contributed by atoms with Gasteiger partial charge in [0.2, 0.25) is 11.9 Å². The molecule has 2 N–H and O–H groups in total. The van der Waals surface area contributed by atoms with Crippen LogP contribution < -0.4 is 10.6 Å². The highest BCUT2D eigenvalue weighted by Gasteiger charge is 2.05. The first kappa shape index (κ1) is 13.6. The molecule has 94 valence electrons. The first-order valence-electron chi connectivity index (χ1n) is 5.83. The van der Waals surface area contributed by atoms with Crippen LogP contribution in [-0.2, 0) is 4.79 Å². The third-order valence-electron chi connectivity index (χ3n) is 2.14. The van der Waals surface area contributed by atoms with Crippen LogP contribution in [-0.4, -0.2) is 28.5 Å². The first-order valence-corrected chi connectivity index (χ1v) is 5.83. The molecule has 0 unspecified atom stereocenters. The van der Waals surface area contributed by atoms with E-state index in [0.29, 0.717) is 25.0 Å². The number of carbonyl (C=O) groups is 1. The summed E-state index contributed by atoms with van der Waals surface area (Å²) in [4.78, 5) is 19.9. The molecule has 1 rings (SSSR count). The molecule has 1 aromatic heterocycles. The molecular weight excluding hydrogens is 216 g/mol. The van der Waals surface area contributed by atoms with Gasteiger partial charge in [0.1, 0.15) is 0 Å². The molecule has 1 heterocycles. The second-order valence-electron chi connectivity index (χ2n) is 4.38. The van der Waals surface area contributed by atoms with Gasteiger partial charge in [-0.3, -0.25) is 10.1 Å². The molecule has 1 amide bonds. The molecule has 0 aromatic carbocycles. The van der Waals surface area contributed by atoms with E-state index in [0.717, 1.165) is 11.4 Å². The Hall–Kier alpha value is -1.49. The Labute approximate surface area is 102 Å². The summed E-state index contributed by atoms with van der Waals surface area (Å²) < 4.78 is 0. The van der Waals surface area contributed by atoms with Crippen LogP contribution in [0.4, 0.5) is 5.95 Å². The second kappa shape index (κ2) is 6.30. The molecule has 0 aliphatic heterocycles. The minimum absolute atomic E-state index is 0.0665. The third-order valence-corrected chi connectivity index (χ3v) is 2.14. The van der Waals surface area contributed by atoms with E-state index in [-0.39, 0.29) is 5.91 Å². The van der Waals surface area contributed by atoms with E-state index in [1.165, 1.54) is 0 Å². The van der Waals surface area contributed by atoms with Crippen LogP contribution in [0.5, 0.6) is 0 Å². The number of hydrogen-bond donors (Lipinski definition) is 2. The SMILES string of the molecule is Cc1cc(C)nc(NC(=O)CCNC(C)C)n1. The quantitative estimate of drug-likeness (QED) is 0.811. The summed E-state index contributed by atoms with van der Waals surface area (Å²) in [6.07, 6.45) is 0.425. The second-order valence-corrected chi connectivity index (χ2v) is 4.38. The number of amides is 1. The van der Waals surface area contributed by atoms with E-state index in [1.807, 2.05) is 33.8 Å². The maximum absolute atomic E-state index is 11.6. The van der Waals surface area contributed by atoms with E-state index in [1.54, 1.807) is 0 Å². The average molecular weight is 236 g/mol. The molecule has 0 atom stereocenters. The van der Waals surface area contributed by atoms with E-state index in [2.05, 4.69) is 20.6 Å². The number of carbonyl (C=O) groups excluding carboxylic acids is 1. The molecule has 0 bridgehead atoms. The van der Waals surface area contributed by atoms with Crippen molar-refractivity contribution in [3.63, 3.8) is 0 Å². The van der Waals surface area contributed by atoms with E-state index < -0.39 is 0 Å². The maximum atomic E-state index is 11.6. The van der Waals surface area contributed by atoms with Gasteiger partial charge in [-0.1, -0.05) is 13.8 Å². The van der Waals surface area contributed by atoms with Gasteiger partial charge in [-0.2, -0.15) is 0 Å². The zero-order valence-corrected chi connectivity index (χ0v) is 10.9. The summed E-state index contributed by atoms with van der Waals surface area (Å²) in [5.74, 6) is 0.320. The van der Waals surface area contributed by atoms with Gasteiger partial charge < -0.3 is 5.32 Å². The summed E-state index contributed by atoms with van der Waals surface area (Å²) >= 11 is 0. The first-order chi connectivity index (χ1) is 7.97. The van der Waals surface area contributed by atoms with E-state index in [4.69, 9.17) is 0 Å². The lowest BCUT2D eigenvalue weighted by Crippen LogP contribution is -2.27. The lowest BCUT2D eigenvalue weighted by Gasteiger charge is -2.08. The number of nitrogens with zero attached hydrogens (tertiary/aromatic N) is 2. The topological polar surface area (TPSA) is 66.9 Å². The highest BCUT2D eigenvalue weighted by molar-refractivity contribution is 5.89. The van der Waals surface area contributed by atoms with Crippen molar-refractivity contribution in [2.24, 2.45) is 0 Å². The molecule has 17 heavy (non-hydrogen) atoms. The highest BCUT2D eigenvalue weighted by atomic mass is 16.1. The van der Waals surface area contributed by atoms with Gasteiger partial charge in [0.05, 0.1) is 0 Å². The van der Waals surface area contributed by atoms with Gasteiger partial charge >= 0.3 is 0 Å². The number of nitrogens with one attached hydrogen (secondary N) is 2. The number of anilines is 1. The molecule has 0 radical (unpaired) electrons. The molecule has 0 aliphatic rings. The van der Waals surface area contributed by atoms with Crippen LogP contribution >= 0.6 is 0 Å². The van der Waals surface area contributed by atoms with E-state index >= 15 is 0 Å². The summed E-state index contributed by atoms with van der Waals surface area (Å²) in [5, 5.41) is 5.88. The molecule has 5 heteroatoms. The van der Waals surface area contributed by atoms with Gasteiger partial charge in [-0.15, -0.1) is 0 Å². The molecule has 5 nitrogen and oxygen atoms in total. The third kappa shape index (κ3) is 5.40. The minimum atomic E-state index is -0.0665. The fourth-order valence-electron chi connectivity index (χ4n) is 1.44. The van der Waals surface area contributed by atoms with Crippen molar-refractivity contribution in [3.8, 4) is 0 Å². The zero-order chi connectivity index (χ0) is 12.8. The van der Waals surface area contributed by atoms with Crippen molar-refractivity contribution < 1.29 is 4.79 Å². The van der Waals surface area contributed by atoms with Gasteiger partial charge in [0, 0.05) is 30.4 Å². The Kier molecular flexibility index (Phi) is 5.03. The molecule has 0 spiro atoms. The van der Waals surface area contributed by atoms with Gasteiger partial charge in [-0.25, -0.2) is 9.97 Å². The number of rotatable bonds is 5. The lowest BCUT2D eigenvalue weighted by molar-refractivity contribution is -0.116. The van der Waals surface area contributed by atoms with Crippen molar-refractivity contribution >= 4 is 11.9 Å². The predicted octanol–water partition coefficient (Wildman–Crippen LogP) is 1.42. The number of hydrogen-bond acceptors (Lipinski definition) is 4. The normalized spacial score (nSPS) is 10.6. The van der Waals surface area contributed by atoms with Crippen molar-refractivity contribution in [2.75, 3.05) is 11.9 Å². The molecular formula is C12H20N4O. The Balaban J connectivity index is 2.45. The monoisotopic (exact) mass is 236 g/mol. The summed E-state index contributed by atoms with van der Waals surface area (Å²) in [6, 6.07) is 2.26. The van der Waals surface area contributed by atoms with Crippen LogP contribution in [0, 0.1) is 13.8 Å². The minimum Gasteiger partial charge on any atom is -0.314 e. The Morgan fingerprint density at radius 2 is 1.88 bits per heavy atom. The summed E-state index contributed by atoms with van der Waals surface area (Å²) in [7, 11) is 0. The van der Waals surface area contributed by atoms with E-state index in [9.17, 15) is 4.79 Å². The van der Waals surface area contributed by atoms with Crippen molar-refractivity contribution in [1.29, 1.82) is 0 Å². The smallest absolute Gasteiger partial charge is 0.229 e. The molecule has 0 aliphatic carbocycles. The van der Waals surface area contributed by atoms with Gasteiger partial charge in [0.15, 0.2) is 0 Å². The van der Waals surface area contributed by atoms with Crippen LogP contribution in [0.2, 0.25) is 0 Å². The molecule has 0 fully saturated rings. The van der Waals surface area contributed by atoms with Crippen LogP contribution in [0.15, 0.2) is 6.07 Å². The Morgan fingerprint density at radius 1 is 1.29 bits per heavy atom. The van der Waals surface area contributed by atoms with Gasteiger partial charge in [-0.05, 0) is 19.9 Å². The van der Waals surface area contributed by atoms with Crippen LogP contribution in [0.1, 0.15) is 31.7 Å². The number of aryl methyl sites for hydroxylation is 2. The number of aromatic nitrogens is 2. The fraction of sp³-hybridized carbons (Fsp3) is 0.583. The zero-order valence-electron chi connectivity index (χ0n) is 10.9. The maximum Gasteiger partial charge on any atom is 0.229 e. The summed E-state index contributed by atoms with van der Waals surface area (Å²) in [5.41, 5.74) is 1.71. The standard InChI is InChI=1S/C12H20N4O/c1-8(2)13-6-5-11(17)16-12-14-9(3)7-10(4)15-12/h7-8,13H,5-6H2,1-4H3,(H,14,15,16,17). The molecule has 1 aromatic rings. The largest absolute Gasteiger partial charge is 0.314 e. The van der Waals surface area contributed by atoms with Crippen molar-refractivity contribution in [3.05, 3.63) is 17.5 Å². The van der Waals surface area contributed by atoms with Gasteiger partial charge in [0.25, 0.3) is 0 Å².